The van der Waals surface area contributed by atoms with Crippen LogP contribution in [0.1, 0.15) is 31.2 Å². The van der Waals surface area contributed by atoms with Crippen molar-refractivity contribution >= 4 is 11.9 Å². The summed E-state index contributed by atoms with van der Waals surface area (Å²) in [6, 6.07) is 4.34. The molecule has 1 amide bonds. The van der Waals surface area contributed by atoms with Crippen molar-refractivity contribution in [1.82, 2.24) is 4.90 Å². The van der Waals surface area contributed by atoms with E-state index in [0.717, 1.165) is 12.1 Å². The fraction of sp³-hybridized carbons (Fsp3) is 0.500. The van der Waals surface area contributed by atoms with Crippen LogP contribution in [0.15, 0.2) is 24.3 Å². The van der Waals surface area contributed by atoms with Crippen LogP contribution < -0.4 is 4.74 Å². The van der Waals surface area contributed by atoms with Gasteiger partial charge < -0.3 is 14.7 Å². The summed E-state index contributed by atoms with van der Waals surface area (Å²) in [6.45, 7) is 0.446. The molecule has 24 heavy (non-hydrogen) atoms. The number of rotatable bonds is 9. The maximum absolute atomic E-state index is 12.4. The number of halogens is 3. The van der Waals surface area contributed by atoms with Crippen molar-refractivity contribution in [3.05, 3.63) is 29.8 Å². The summed E-state index contributed by atoms with van der Waals surface area (Å²) in [7, 11) is 1.59. The first-order chi connectivity index (χ1) is 11.2. The van der Waals surface area contributed by atoms with Crippen LogP contribution in [0.2, 0.25) is 0 Å². The van der Waals surface area contributed by atoms with Gasteiger partial charge in [-0.2, -0.15) is 13.2 Å². The van der Waals surface area contributed by atoms with E-state index in [9.17, 15) is 22.8 Å². The van der Waals surface area contributed by atoms with Gasteiger partial charge in [0.05, 0.1) is 12.1 Å². The van der Waals surface area contributed by atoms with E-state index in [0.29, 0.717) is 25.1 Å². The highest BCUT2D eigenvalue weighted by atomic mass is 19.4. The van der Waals surface area contributed by atoms with Crippen LogP contribution in [0.4, 0.5) is 13.2 Å². The van der Waals surface area contributed by atoms with Gasteiger partial charge in [0.25, 0.3) is 0 Å². The molecule has 0 unspecified atom stereocenters. The first-order valence-corrected chi connectivity index (χ1v) is 7.46. The van der Waals surface area contributed by atoms with Gasteiger partial charge in [-0.05, 0) is 37.1 Å². The molecular formula is C16H20F3NO4. The molecule has 0 fully saturated rings. The maximum atomic E-state index is 12.4. The molecule has 8 heteroatoms. The minimum absolute atomic E-state index is 0.0357. The fourth-order valence-electron chi connectivity index (χ4n) is 1.91. The molecule has 1 aromatic rings. The van der Waals surface area contributed by atoms with E-state index in [4.69, 9.17) is 9.84 Å². The number of carbonyl (C=O) groups is 2. The molecule has 0 aromatic heterocycles. The van der Waals surface area contributed by atoms with E-state index >= 15 is 0 Å². The lowest BCUT2D eigenvalue weighted by atomic mass is 10.2. The summed E-state index contributed by atoms with van der Waals surface area (Å²) in [6.07, 6.45) is -3.16. The van der Waals surface area contributed by atoms with Gasteiger partial charge in [-0.15, -0.1) is 0 Å². The molecule has 0 radical (unpaired) electrons. The van der Waals surface area contributed by atoms with Crippen LogP contribution in [0.5, 0.6) is 5.75 Å². The van der Waals surface area contributed by atoms with Gasteiger partial charge in [-0.25, -0.2) is 0 Å². The van der Waals surface area contributed by atoms with Gasteiger partial charge in [0.2, 0.25) is 5.91 Å². The van der Waals surface area contributed by atoms with Crippen molar-refractivity contribution in [1.29, 1.82) is 0 Å². The molecule has 1 N–H and O–H groups in total. The normalized spacial score (nSPS) is 11.2. The first-order valence-electron chi connectivity index (χ1n) is 7.46. The van der Waals surface area contributed by atoms with E-state index in [1.54, 1.807) is 7.05 Å². The average molecular weight is 347 g/mol. The summed E-state index contributed by atoms with van der Waals surface area (Å²) in [5, 5.41) is 8.50. The summed E-state index contributed by atoms with van der Waals surface area (Å²) < 4.78 is 42.6. The van der Waals surface area contributed by atoms with Crippen LogP contribution >= 0.6 is 0 Å². The van der Waals surface area contributed by atoms with Crippen LogP contribution in [0.25, 0.3) is 0 Å². The highest BCUT2D eigenvalue weighted by Crippen LogP contribution is 2.30. The van der Waals surface area contributed by atoms with E-state index in [2.05, 4.69) is 0 Å². The van der Waals surface area contributed by atoms with Gasteiger partial charge in [0.1, 0.15) is 12.4 Å². The zero-order valence-corrected chi connectivity index (χ0v) is 13.3. The van der Waals surface area contributed by atoms with Crippen molar-refractivity contribution < 1.29 is 32.6 Å². The number of ether oxygens (including phenoxy) is 1. The van der Waals surface area contributed by atoms with Crippen LogP contribution in [-0.2, 0) is 15.8 Å². The third-order valence-corrected chi connectivity index (χ3v) is 3.33. The SMILES string of the molecule is CN(CCOc1ccc(C(F)(F)F)cc1)C(=O)CCCCC(=O)O. The number of alkyl halides is 3. The molecule has 0 spiro atoms. The smallest absolute Gasteiger partial charge is 0.416 e. The molecule has 0 aliphatic rings. The Kier molecular flexibility index (Phi) is 7.54. The van der Waals surface area contributed by atoms with E-state index in [1.165, 1.54) is 17.0 Å². The van der Waals surface area contributed by atoms with Crippen molar-refractivity contribution in [3.63, 3.8) is 0 Å². The van der Waals surface area contributed by atoms with Crippen LogP contribution in [-0.4, -0.2) is 42.1 Å². The Morgan fingerprint density at radius 3 is 2.25 bits per heavy atom. The Bertz CT molecular complexity index is 543. The molecular weight excluding hydrogens is 327 g/mol. The zero-order valence-electron chi connectivity index (χ0n) is 13.3. The number of likely N-dealkylation sites (N-methyl/N-ethyl adjacent to an activating group) is 1. The number of hydrogen-bond acceptors (Lipinski definition) is 3. The molecule has 0 saturated carbocycles. The monoisotopic (exact) mass is 347 g/mol. The second-order valence-electron chi connectivity index (χ2n) is 5.29. The van der Waals surface area contributed by atoms with Crippen molar-refractivity contribution in [3.8, 4) is 5.75 Å². The Hall–Kier alpha value is -2.25. The Labute approximate surface area is 138 Å². The standard InChI is InChI=1S/C16H20F3NO4/c1-20(14(21)4-2-3-5-15(22)23)10-11-24-13-8-6-12(7-9-13)16(17,18)19/h6-9H,2-5,10-11H2,1H3,(H,22,23). The highest BCUT2D eigenvalue weighted by molar-refractivity contribution is 5.75. The van der Waals surface area contributed by atoms with Gasteiger partial charge in [0.15, 0.2) is 0 Å². The van der Waals surface area contributed by atoms with Crippen molar-refractivity contribution in [2.24, 2.45) is 0 Å². The number of carbonyl (C=O) groups excluding carboxylic acids is 1. The van der Waals surface area contributed by atoms with E-state index < -0.39 is 17.7 Å². The van der Waals surface area contributed by atoms with E-state index in [1.807, 2.05) is 0 Å². The van der Waals surface area contributed by atoms with Gasteiger partial charge in [0, 0.05) is 19.9 Å². The third kappa shape index (κ3) is 7.34. The number of nitrogens with zero attached hydrogens (tertiary/aromatic N) is 1. The van der Waals surface area contributed by atoms with Gasteiger partial charge in [-0.3, -0.25) is 9.59 Å². The third-order valence-electron chi connectivity index (χ3n) is 3.33. The molecule has 134 valence electrons. The topological polar surface area (TPSA) is 66.8 Å². The molecule has 0 heterocycles. The summed E-state index contributed by atoms with van der Waals surface area (Å²) in [4.78, 5) is 23.6. The van der Waals surface area contributed by atoms with Crippen molar-refractivity contribution in [2.75, 3.05) is 20.2 Å². The van der Waals surface area contributed by atoms with Crippen molar-refractivity contribution in [2.45, 2.75) is 31.9 Å². The summed E-state index contributed by atoms with van der Waals surface area (Å²) in [5.74, 6) is -0.720. The minimum Gasteiger partial charge on any atom is -0.492 e. The Morgan fingerprint density at radius 1 is 1.12 bits per heavy atom. The number of benzene rings is 1. The second-order valence-corrected chi connectivity index (χ2v) is 5.29. The number of unbranched alkanes of at least 4 members (excludes halogenated alkanes) is 1. The second kappa shape index (κ2) is 9.14. The highest BCUT2D eigenvalue weighted by Gasteiger charge is 2.30. The molecule has 0 atom stereocenters. The zero-order chi connectivity index (χ0) is 18.2. The number of carboxylic acid groups (broad SMARTS) is 1. The molecule has 0 saturated heterocycles. The molecule has 1 rings (SSSR count). The van der Waals surface area contributed by atoms with Gasteiger partial charge >= 0.3 is 12.1 Å². The maximum Gasteiger partial charge on any atom is 0.416 e. The van der Waals surface area contributed by atoms with E-state index in [-0.39, 0.29) is 25.4 Å². The number of amides is 1. The number of carboxylic acids is 1. The predicted octanol–water partition coefficient (Wildman–Crippen LogP) is 3.19. The van der Waals surface area contributed by atoms with Crippen LogP contribution in [0, 0.1) is 0 Å². The average Bonchev–Trinajstić information content (AvgIpc) is 2.50. The quantitative estimate of drug-likeness (QED) is 0.697. The molecule has 5 nitrogen and oxygen atoms in total. The largest absolute Gasteiger partial charge is 0.492 e. The Morgan fingerprint density at radius 2 is 1.71 bits per heavy atom. The first kappa shape index (κ1) is 19.8. The van der Waals surface area contributed by atoms with Gasteiger partial charge in [-0.1, -0.05) is 0 Å². The summed E-state index contributed by atoms with van der Waals surface area (Å²) >= 11 is 0. The Balaban J connectivity index is 2.28. The lowest BCUT2D eigenvalue weighted by Crippen LogP contribution is -2.30. The summed E-state index contributed by atoms with van der Waals surface area (Å²) in [5.41, 5.74) is -0.747. The number of aliphatic carboxylic acids is 1. The molecule has 1 aromatic carbocycles. The minimum atomic E-state index is -4.38. The predicted molar refractivity (Wildman–Crippen MR) is 80.7 cm³/mol. The molecule has 0 bridgehead atoms. The molecule has 0 aliphatic carbocycles. The van der Waals surface area contributed by atoms with Crippen LogP contribution in [0.3, 0.4) is 0 Å². The molecule has 0 aliphatic heterocycles. The lowest BCUT2D eigenvalue weighted by molar-refractivity contribution is -0.138. The lowest BCUT2D eigenvalue weighted by Gasteiger charge is -2.17. The fourth-order valence-corrected chi connectivity index (χ4v) is 1.91. The number of hydrogen-bond donors (Lipinski definition) is 1.